The van der Waals surface area contributed by atoms with E-state index in [2.05, 4.69) is 26.3 Å². The summed E-state index contributed by atoms with van der Waals surface area (Å²) in [6.07, 6.45) is 3.26. The number of amides is 3. The van der Waals surface area contributed by atoms with Crippen LogP contribution >= 0.6 is 0 Å². The van der Waals surface area contributed by atoms with Crippen molar-refractivity contribution in [2.75, 3.05) is 19.7 Å². The molecule has 2 aromatic rings. The third-order valence-electron chi connectivity index (χ3n) is 5.34. The second-order valence-corrected chi connectivity index (χ2v) is 7.63. The van der Waals surface area contributed by atoms with Crippen LogP contribution in [0.3, 0.4) is 0 Å². The maximum atomic E-state index is 12.8. The van der Waals surface area contributed by atoms with Gasteiger partial charge in [0.05, 0.1) is 12.6 Å². The number of rotatable bonds is 10. The Hall–Kier alpha value is -3.44. The molecule has 1 fully saturated rings. The molecule has 0 radical (unpaired) electrons. The highest BCUT2D eigenvalue weighted by Gasteiger charge is 2.30. The van der Waals surface area contributed by atoms with Gasteiger partial charge in [-0.3, -0.25) is 19.2 Å². The molecule has 7 N–H and O–H groups in total. The first-order chi connectivity index (χ1) is 15.4. The van der Waals surface area contributed by atoms with Crippen molar-refractivity contribution >= 4 is 34.6 Å². The van der Waals surface area contributed by atoms with Crippen LogP contribution in [-0.4, -0.2) is 76.7 Å². The average molecular weight is 445 g/mol. The van der Waals surface area contributed by atoms with Crippen molar-refractivity contribution in [3.05, 3.63) is 36.0 Å². The summed E-state index contributed by atoms with van der Waals surface area (Å²) in [6, 6.07) is 4.63. The van der Waals surface area contributed by atoms with Gasteiger partial charge in [0.25, 0.3) is 0 Å². The summed E-state index contributed by atoms with van der Waals surface area (Å²) in [4.78, 5) is 51.6. The monoisotopic (exact) mass is 445 g/mol. The van der Waals surface area contributed by atoms with Gasteiger partial charge in [-0.15, -0.1) is 0 Å². The molecule has 3 unspecified atom stereocenters. The molecule has 1 aliphatic rings. The largest absolute Gasteiger partial charge is 0.480 e. The number of H-pyrrole nitrogens is 1. The highest BCUT2D eigenvalue weighted by molar-refractivity contribution is 5.94. The van der Waals surface area contributed by atoms with Crippen molar-refractivity contribution < 1.29 is 29.4 Å². The number of carboxylic acids is 1. The van der Waals surface area contributed by atoms with Crippen molar-refractivity contribution in [2.45, 2.75) is 37.4 Å². The molecular formula is C21H27N5O6. The van der Waals surface area contributed by atoms with E-state index in [9.17, 15) is 24.3 Å². The van der Waals surface area contributed by atoms with Gasteiger partial charge in [-0.05, 0) is 31.0 Å². The molecule has 0 aliphatic carbocycles. The van der Waals surface area contributed by atoms with Crippen molar-refractivity contribution in [1.82, 2.24) is 26.3 Å². The predicted molar refractivity (Wildman–Crippen MR) is 115 cm³/mol. The third-order valence-corrected chi connectivity index (χ3v) is 5.34. The van der Waals surface area contributed by atoms with Crippen molar-refractivity contribution in [1.29, 1.82) is 0 Å². The van der Waals surface area contributed by atoms with Crippen LogP contribution in [0.5, 0.6) is 0 Å². The van der Waals surface area contributed by atoms with Gasteiger partial charge in [0.2, 0.25) is 17.7 Å². The van der Waals surface area contributed by atoms with Crippen LogP contribution < -0.4 is 21.3 Å². The van der Waals surface area contributed by atoms with E-state index in [1.165, 1.54) is 0 Å². The van der Waals surface area contributed by atoms with Gasteiger partial charge in [0.15, 0.2) is 0 Å². The Balaban J connectivity index is 1.72. The van der Waals surface area contributed by atoms with Gasteiger partial charge >= 0.3 is 5.97 Å². The van der Waals surface area contributed by atoms with Crippen LogP contribution in [-0.2, 0) is 25.6 Å². The summed E-state index contributed by atoms with van der Waals surface area (Å²) >= 11 is 0. The normalized spacial score (nSPS) is 17.5. The number of aromatic amines is 1. The van der Waals surface area contributed by atoms with E-state index < -0.39 is 55.0 Å². The lowest BCUT2D eigenvalue weighted by atomic mass is 10.0. The fraction of sp³-hybridized carbons (Fsp3) is 0.429. The Kier molecular flexibility index (Phi) is 7.79. The molecule has 11 nitrogen and oxygen atoms in total. The van der Waals surface area contributed by atoms with Crippen LogP contribution in [0.4, 0.5) is 0 Å². The van der Waals surface area contributed by atoms with Crippen LogP contribution in [0.1, 0.15) is 18.4 Å². The summed E-state index contributed by atoms with van der Waals surface area (Å²) in [6.45, 7) is -0.558. The molecule has 3 atom stereocenters. The number of aliphatic hydroxyl groups excluding tert-OH is 1. The summed E-state index contributed by atoms with van der Waals surface area (Å²) in [5, 5.41) is 29.7. The predicted octanol–water partition coefficient (Wildman–Crippen LogP) is -1.37. The lowest BCUT2D eigenvalue weighted by Gasteiger charge is -2.23. The Morgan fingerprint density at radius 3 is 2.56 bits per heavy atom. The number of benzene rings is 1. The summed E-state index contributed by atoms with van der Waals surface area (Å²) in [5.74, 6) is -3.05. The van der Waals surface area contributed by atoms with E-state index in [0.717, 1.165) is 22.9 Å². The Morgan fingerprint density at radius 1 is 1.09 bits per heavy atom. The third kappa shape index (κ3) is 5.83. The molecule has 32 heavy (non-hydrogen) atoms. The van der Waals surface area contributed by atoms with E-state index in [0.29, 0.717) is 13.0 Å². The summed E-state index contributed by atoms with van der Waals surface area (Å²) < 4.78 is 0. The lowest BCUT2D eigenvalue weighted by Crippen LogP contribution is -2.57. The number of carbonyl (C=O) groups excluding carboxylic acids is 3. The number of carbonyl (C=O) groups is 4. The molecular weight excluding hydrogens is 418 g/mol. The zero-order valence-corrected chi connectivity index (χ0v) is 17.4. The van der Waals surface area contributed by atoms with Crippen LogP contribution in [0, 0.1) is 0 Å². The first-order valence-corrected chi connectivity index (χ1v) is 10.4. The molecule has 11 heteroatoms. The van der Waals surface area contributed by atoms with Gasteiger partial charge in [0, 0.05) is 23.5 Å². The maximum absolute atomic E-state index is 12.8. The minimum atomic E-state index is -1.25. The molecule has 1 saturated heterocycles. The highest BCUT2D eigenvalue weighted by Crippen LogP contribution is 2.19. The van der Waals surface area contributed by atoms with E-state index >= 15 is 0 Å². The van der Waals surface area contributed by atoms with Crippen LogP contribution in [0.15, 0.2) is 30.5 Å². The number of para-hydroxylation sites is 1. The smallest absolute Gasteiger partial charge is 0.322 e. The number of hydrogen-bond acceptors (Lipinski definition) is 6. The van der Waals surface area contributed by atoms with E-state index in [1.54, 1.807) is 6.20 Å². The fourth-order valence-electron chi connectivity index (χ4n) is 3.66. The Labute approximate surface area is 183 Å². The van der Waals surface area contributed by atoms with Crippen molar-refractivity contribution in [2.24, 2.45) is 0 Å². The van der Waals surface area contributed by atoms with Crippen LogP contribution in [0.2, 0.25) is 0 Å². The fourth-order valence-corrected chi connectivity index (χ4v) is 3.66. The second kappa shape index (κ2) is 10.7. The molecule has 2 heterocycles. The van der Waals surface area contributed by atoms with Crippen molar-refractivity contribution in [3.63, 3.8) is 0 Å². The zero-order chi connectivity index (χ0) is 23.1. The molecule has 3 amide bonds. The number of hydrogen-bond donors (Lipinski definition) is 7. The van der Waals surface area contributed by atoms with Crippen LogP contribution in [0.25, 0.3) is 10.9 Å². The van der Waals surface area contributed by atoms with Gasteiger partial charge in [-0.2, -0.15) is 0 Å². The maximum Gasteiger partial charge on any atom is 0.322 e. The molecule has 172 valence electrons. The lowest BCUT2D eigenvalue weighted by molar-refractivity contribution is -0.138. The number of aliphatic hydroxyl groups is 1. The first-order valence-electron chi connectivity index (χ1n) is 10.4. The second-order valence-electron chi connectivity index (χ2n) is 7.63. The topological polar surface area (TPSA) is 173 Å². The number of carboxylic acid groups (broad SMARTS) is 1. The molecule has 1 aliphatic heterocycles. The Bertz CT molecular complexity index is 984. The van der Waals surface area contributed by atoms with Gasteiger partial charge in [0.1, 0.15) is 18.6 Å². The molecule has 0 saturated carbocycles. The highest BCUT2D eigenvalue weighted by atomic mass is 16.4. The molecule has 0 bridgehead atoms. The molecule has 0 spiro atoms. The number of nitrogens with one attached hydrogen (secondary N) is 5. The molecule has 1 aromatic carbocycles. The van der Waals surface area contributed by atoms with Gasteiger partial charge in [-0.1, -0.05) is 18.2 Å². The van der Waals surface area contributed by atoms with E-state index in [4.69, 9.17) is 5.11 Å². The number of fused-ring (bicyclic) bond motifs is 1. The summed E-state index contributed by atoms with van der Waals surface area (Å²) in [7, 11) is 0. The molecule has 3 rings (SSSR count). The standard InChI is InChI=1S/C21H27N5O6/c27-11-17(26-20(31)15-6-3-7-22-15)21(32)25-16(19(30)24-10-18(28)29)8-12-9-23-14-5-2-1-4-13(12)14/h1-2,4-5,9,15-17,22-23,27H,3,6-8,10-11H2,(H,24,30)(H,25,32)(H,26,31)(H,28,29). The van der Waals surface area contributed by atoms with Gasteiger partial charge in [-0.25, -0.2) is 0 Å². The average Bonchev–Trinajstić information content (AvgIpc) is 3.45. The molecule has 1 aromatic heterocycles. The SMILES string of the molecule is O=C(O)CNC(=O)C(Cc1c[nH]c2ccccc12)NC(=O)C(CO)NC(=O)C1CCCN1. The quantitative estimate of drug-likeness (QED) is 0.236. The minimum absolute atomic E-state index is 0.0808. The van der Waals surface area contributed by atoms with Crippen molar-refractivity contribution in [3.8, 4) is 0 Å². The summed E-state index contributed by atoms with van der Waals surface area (Å²) in [5.41, 5.74) is 1.60. The number of aliphatic carboxylic acids is 1. The minimum Gasteiger partial charge on any atom is -0.480 e. The number of aromatic nitrogens is 1. The van der Waals surface area contributed by atoms with E-state index in [-0.39, 0.29) is 6.42 Å². The first kappa shape index (κ1) is 23.2. The Morgan fingerprint density at radius 2 is 1.88 bits per heavy atom. The van der Waals surface area contributed by atoms with E-state index in [1.807, 2.05) is 24.3 Å². The van der Waals surface area contributed by atoms with Gasteiger partial charge < -0.3 is 36.5 Å². The zero-order valence-electron chi connectivity index (χ0n) is 17.4.